The number of nitriles is 1. The molecule has 1 unspecified atom stereocenters. The third kappa shape index (κ3) is 2.72. The van der Waals surface area contributed by atoms with E-state index in [2.05, 4.69) is 21.3 Å². The van der Waals surface area contributed by atoms with E-state index >= 15 is 0 Å². The lowest BCUT2D eigenvalue weighted by atomic mass is 9.83. The van der Waals surface area contributed by atoms with Crippen molar-refractivity contribution in [3.63, 3.8) is 0 Å². The van der Waals surface area contributed by atoms with E-state index in [1.807, 2.05) is 60.7 Å². The Labute approximate surface area is 171 Å². The SMILES string of the molecule is N#CC1=C(N)Oc2n[nH]c(-c3ccccc3)c2C1c1cc2ccccc2nc1Cl. The molecule has 1 aliphatic rings. The average Bonchev–Trinajstić information content (AvgIpc) is 3.16. The van der Waals surface area contributed by atoms with Crippen molar-refractivity contribution in [3.8, 4) is 23.2 Å². The number of rotatable bonds is 2. The lowest BCUT2D eigenvalue weighted by Gasteiger charge is -2.24. The molecular formula is C22H14ClN5O. The first kappa shape index (κ1) is 17.3. The molecule has 0 bridgehead atoms. The zero-order chi connectivity index (χ0) is 20.0. The van der Waals surface area contributed by atoms with Crippen molar-refractivity contribution in [2.45, 2.75) is 5.92 Å². The Morgan fingerprint density at radius 2 is 1.86 bits per heavy atom. The Hall–Kier alpha value is -3.82. The lowest BCUT2D eigenvalue weighted by molar-refractivity contribution is 0.379. The second kappa shape index (κ2) is 6.66. The molecule has 140 valence electrons. The molecule has 1 atom stereocenters. The summed E-state index contributed by atoms with van der Waals surface area (Å²) in [5.74, 6) is -0.211. The molecule has 0 saturated carbocycles. The van der Waals surface area contributed by atoms with Crippen molar-refractivity contribution in [2.75, 3.05) is 0 Å². The van der Waals surface area contributed by atoms with Gasteiger partial charge < -0.3 is 10.5 Å². The molecule has 4 aromatic rings. The highest BCUT2D eigenvalue weighted by Crippen LogP contribution is 2.47. The van der Waals surface area contributed by atoms with Gasteiger partial charge in [0.05, 0.1) is 22.7 Å². The van der Waals surface area contributed by atoms with Gasteiger partial charge in [0.15, 0.2) is 0 Å². The van der Waals surface area contributed by atoms with E-state index in [-0.39, 0.29) is 11.5 Å². The molecule has 3 heterocycles. The number of aromatic amines is 1. The molecule has 5 rings (SSSR count). The van der Waals surface area contributed by atoms with Crippen LogP contribution in [0.3, 0.4) is 0 Å². The standard InChI is InChI=1S/C22H14ClN5O/c23-20-14(10-13-8-4-5-9-16(13)26-20)17-15(11-24)21(25)29-22-18(17)19(27-28-22)12-6-2-1-3-7-12/h1-10,17H,25H2,(H,27,28). The predicted molar refractivity (Wildman–Crippen MR) is 110 cm³/mol. The van der Waals surface area contributed by atoms with Crippen LogP contribution in [0, 0.1) is 11.3 Å². The minimum atomic E-state index is -0.553. The number of hydrogen-bond acceptors (Lipinski definition) is 5. The first-order chi connectivity index (χ1) is 14.2. The largest absolute Gasteiger partial charge is 0.420 e. The first-order valence-electron chi connectivity index (χ1n) is 8.94. The number of nitrogens with one attached hydrogen (secondary N) is 1. The van der Waals surface area contributed by atoms with Crippen molar-refractivity contribution in [3.05, 3.63) is 88.4 Å². The van der Waals surface area contributed by atoms with Crippen LogP contribution in [0.25, 0.3) is 22.2 Å². The minimum Gasteiger partial charge on any atom is -0.420 e. The number of halogens is 1. The molecule has 0 aliphatic carbocycles. The Morgan fingerprint density at radius 3 is 2.66 bits per heavy atom. The summed E-state index contributed by atoms with van der Waals surface area (Å²) in [5.41, 5.74) is 10.2. The van der Waals surface area contributed by atoms with E-state index in [1.165, 1.54) is 0 Å². The number of aromatic nitrogens is 3. The number of nitrogens with two attached hydrogens (primary N) is 1. The molecule has 0 saturated heterocycles. The number of pyridine rings is 1. The van der Waals surface area contributed by atoms with E-state index < -0.39 is 5.92 Å². The van der Waals surface area contributed by atoms with E-state index in [9.17, 15) is 5.26 Å². The van der Waals surface area contributed by atoms with Crippen LogP contribution in [0.1, 0.15) is 17.0 Å². The van der Waals surface area contributed by atoms with Crippen molar-refractivity contribution < 1.29 is 4.74 Å². The summed E-state index contributed by atoms with van der Waals surface area (Å²) in [5, 5.41) is 18.4. The number of benzene rings is 2. The maximum Gasteiger partial charge on any atom is 0.244 e. The molecule has 6 nitrogen and oxygen atoms in total. The number of H-pyrrole nitrogens is 1. The van der Waals surface area contributed by atoms with Crippen molar-refractivity contribution in [1.82, 2.24) is 15.2 Å². The van der Waals surface area contributed by atoms with Gasteiger partial charge in [-0.1, -0.05) is 60.1 Å². The molecule has 2 aromatic heterocycles. The highest BCUT2D eigenvalue weighted by molar-refractivity contribution is 6.30. The summed E-state index contributed by atoms with van der Waals surface area (Å²) < 4.78 is 5.65. The summed E-state index contributed by atoms with van der Waals surface area (Å²) >= 11 is 6.58. The van der Waals surface area contributed by atoms with Gasteiger partial charge in [0.25, 0.3) is 0 Å². The molecular weight excluding hydrogens is 386 g/mol. The monoisotopic (exact) mass is 399 g/mol. The van der Waals surface area contributed by atoms with Gasteiger partial charge in [0.1, 0.15) is 16.8 Å². The minimum absolute atomic E-state index is 0.0142. The summed E-state index contributed by atoms with van der Waals surface area (Å²) in [4.78, 5) is 4.53. The normalized spacial score (nSPS) is 15.7. The van der Waals surface area contributed by atoms with Crippen molar-refractivity contribution >= 4 is 22.5 Å². The predicted octanol–water partition coefficient (Wildman–Crippen LogP) is 4.50. The Kier molecular flexibility index (Phi) is 3.97. The quantitative estimate of drug-likeness (QED) is 0.483. The van der Waals surface area contributed by atoms with Crippen LogP contribution in [-0.4, -0.2) is 15.2 Å². The van der Waals surface area contributed by atoms with E-state index in [0.29, 0.717) is 22.2 Å². The molecule has 7 heteroatoms. The zero-order valence-electron chi connectivity index (χ0n) is 15.1. The van der Waals surface area contributed by atoms with Crippen LogP contribution >= 0.6 is 11.6 Å². The molecule has 0 spiro atoms. The number of hydrogen-bond donors (Lipinski definition) is 2. The smallest absolute Gasteiger partial charge is 0.244 e. The fourth-order valence-electron chi connectivity index (χ4n) is 3.69. The molecule has 0 fully saturated rings. The Bertz CT molecular complexity index is 1320. The summed E-state index contributed by atoms with van der Waals surface area (Å²) in [6.07, 6.45) is 0. The second-order valence-electron chi connectivity index (χ2n) is 6.67. The highest BCUT2D eigenvalue weighted by atomic mass is 35.5. The van der Waals surface area contributed by atoms with E-state index in [0.717, 1.165) is 22.2 Å². The summed E-state index contributed by atoms with van der Waals surface area (Å²) in [6, 6.07) is 21.5. The number of para-hydroxylation sites is 1. The van der Waals surface area contributed by atoms with Gasteiger partial charge in [-0.2, -0.15) is 5.26 Å². The lowest BCUT2D eigenvalue weighted by Crippen LogP contribution is -2.21. The summed E-state index contributed by atoms with van der Waals surface area (Å²) in [7, 11) is 0. The molecule has 3 N–H and O–H groups in total. The van der Waals surface area contributed by atoms with Crippen molar-refractivity contribution in [1.29, 1.82) is 5.26 Å². The van der Waals surface area contributed by atoms with Gasteiger partial charge in [-0.3, -0.25) is 5.10 Å². The molecule has 2 aromatic carbocycles. The van der Waals surface area contributed by atoms with E-state index in [4.69, 9.17) is 22.1 Å². The van der Waals surface area contributed by atoms with Crippen LogP contribution in [0.15, 0.2) is 72.1 Å². The number of fused-ring (bicyclic) bond motifs is 2. The van der Waals surface area contributed by atoms with Crippen LogP contribution in [0.5, 0.6) is 5.88 Å². The van der Waals surface area contributed by atoms with Gasteiger partial charge >= 0.3 is 0 Å². The number of nitrogens with zero attached hydrogens (tertiary/aromatic N) is 3. The molecule has 0 radical (unpaired) electrons. The van der Waals surface area contributed by atoms with Gasteiger partial charge in [-0.15, -0.1) is 5.10 Å². The number of ether oxygens (including phenoxy) is 1. The van der Waals surface area contributed by atoms with Gasteiger partial charge in [0.2, 0.25) is 11.8 Å². The average molecular weight is 400 g/mol. The Balaban J connectivity index is 1.80. The third-order valence-electron chi connectivity index (χ3n) is 5.02. The van der Waals surface area contributed by atoms with Crippen LogP contribution < -0.4 is 10.5 Å². The maximum atomic E-state index is 9.86. The highest BCUT2D eigenvalue weighted by Gasteiger charge is 2.37. The van der Waals surface area contributed by atoms with Crippen molar-refractivity contribution in [2.24, 2.45) is 5.73 Å². The number of allylic oxidation sites excluding steroid dienone is 1. The third-order valence-corrected chi connectivity index (χ3v) is 5.32. The first-order valence-corrected chi connectivity index (χ1v) is 9.31. The van der Waals surface area contributed by atoms with Gasteiger partial charge in [-0.05, 0) is 17.7 Å². The topological polar surface area (TPSA) is 101 Å². The Morgan fingerprint density at radius 1 is 1.10 bits per heavy atom. The fraction of sp³-hybridized carbons (Fsp3) is 0.0455. The zero-order valence-corrected chi connectivity index (χ0v) is 15.8. The van der Waals surface area contributed by atoms with E-state index in [1.54, 1.807) is 0 Å². The van der Waals surface area contributed by atoms with Crippen LogP contribution in [0.2, 0.25) is 5.15 Å². The van der Waals surface area contributed by atoms with Crippen LogP contribution in [0.4, 0.5) is 0 Å². The van der Waals surface area contributed by atoms with Crippen LogP contribution in [-0.2, 0) is 0 Å². The van der Waals surface area contributed by atoms with Gasteiger partial charge in [-0.25, -0.2) is 4.98 Å². The molecule has 29 heavy (non-hydrogen) atoms. The second-order valence-corrected chi connectivity index (χ2v) is 7.03. The molecule has 1 aliphatic heterocycles. The van der Waals surface area contributed by atoms with Gasteiger partial charge in [0, 0.05) is 10.9 Å². The molecule has 0 amide bonds. The summed E-state index contributed by atoms with van der Waals surface area (Å²) in [6.45, 7) is 0. The maximum absolute atomic E-state index is 9.86. The fourth-order valence-corrected chi connectivity index (χ4v) is 3.95.